The number of hydrogen-bond acceptors (Lipinski definition) is 4. The first-order chi connectivity index (χ1) is 9.79. The maximum Gasteiger partial charge on any atom is 0.328 e. The highest BCUT2D eigenvalue weighted by Crippen LogP contribution is 2.24. The summed E-state index contributed by atoms with van der Waals surface area (Å²) in [5.74, 6) is -1.03. The Morgan fingerprint density at radius 3 is 2.62 bits per heavy atom. The largest absolute Gasteiger partial charge is 0.480 e. The number of benzene rings is 1. The first-order valence-electron chi connectivity index (χ1n) is 6.49. The second-order valence-electron chi connectivity index (χ2n) is 5.19. The van der Waals surface area contributed by atoms with Crippen LogP contribution in [0.5, 0.6) is 0 Å². The number of nitrogens with one attached hydrogen (secondary N) is 2. The van der Waals surface area contributed by atoms with E-state index in [0.717, 1.165) is 0 Å². The molecule has 1 aromatic rings. The number of sulfonamides is 1. The van der Waals surface area contributed by atoms with Gasteiger partial charge in [0.05, 0.1) is 5.69 Å². The van der Waals surface area contributed by atoms with Gasteiger partial charge in [-0.25, -0.2) is 22.9 Å². The summed E-state index contributed by atoms with van der Waals surface area (Å²) in [5, 5.41) is 12.0. The van der Waals surface area contributed by atoms with Crippen LogP contribution < -0.4 is 10.0 Å². The molecule has 1 heterocycles. The number of aliphatic imine (C=N–C) groups is 1. The summed E-state index contributed by atoms with van der Waals surface area (Å²) in [6.07, 6.45) is 0.323. The van der Waals surface area contributed by atoms with E-state index in [0.29, 0.717) is 12.1 Å². The molecule has 0 spiro atoms. The van der Waals surface area contributed by atoms with E-state index >= 15 is 0 Å². The standard InChI is InChI=1S/C13H17N3O4S/c1-8(2)7-10(12(17)18)15-13-14-9-5-3-4-6-11(9)21(19,20)16-13/h3-6,8,10H,7H2,1-2H3,(H,17,18)(H2,14,15,16). The van der Waals surface area contributed by atoms with Crippen LogP contribution in [0.1, 0.15) is 20.3 Å². The highest BCUT2D eigenvalue weighted by Gasteiger charge is 2.28. The summed E-state index contributed by atoms with van der Waals surface area (Å²) in [4.78, 5) is 15.3. The van der Waals surface area contributed by atoms with Crippen LogP contribution in [-0.4, -0.2) is 31.5 Å². The first-order valence-corrected chi connectivity index (χ1v) is 7.97. The van der Waals surface area contributed by atoms with Crippen molar-refractivity contribution in [2.75, 3.05) is 5.32 Å². The Hall–Kier alpha value is -2.09. The molecule has 0 saturated heterocycles. The molecule has 2 rings (SSSR count). The SMILES string of the molecule is CC(C)CC(N=C1Nc2ccccc2S(=O)(=O)N1)C(=O)O. The predicted molar refractivity (Wildman–Crippen MR) is 78.7 cm³/mol. The van der Waals surface area contributed by atoms with Crippen molar-refractivity contribution in [3.8, 4) is 0 Å². The third kappa shape index (κ3) is 3.52. The van der Waals surface area contributed by atoms with E-state index in [9.17, 15) is 13.2 Å². The smallest absolute Gasteiger partial charge is 0.328 e. The molecule has 0 amide bonds. The molecule has 1 aliphatic rings. The lowest BCUT2D eigenvalue weighted by atomic mass is 10.0. The van der Waals surface area contributed by atoms with E-state index in [1.807, 2.05) is 13.8 Å². The molecule has 1 aliphatic heterocycles. The van der Waals surface area contributed by atoms with E-state index in [4.69, 9.17) is 5.11 Å². The topological polar surface area (TPSA) is 108 Å². The molecule has 8 heteroatoms. The summed E-state index contributed by atoms with van der Waals surface area (Å²) in [7, 11) is -3.73. The lowest BCUT2D eigenvalue weighted by molar-refractivity contribution is -0.138. The van der Waals surface area contributed by atoms with E-state index in [1.165, 1.54) is 6.07 Å². The van der Waals surface area contributed by atoms with Crippen molar-refractivity contribution in [1.29, 1.82) is 0 Å². The number of para-hydroxylation sites is 1. The summed E-state index contributed by atoms with van der Waals surface area (Å²) >= 11 is 0. The fourth-order valence-corrected chi connectivity index (χ4v) is 3.14. The van der Waals surface area contributed by atoms with Gasteiger partial charge in [-0.2, -0.15) is 0 Å². The van der Waals surface area contributed by atoms with Crippen LogP contribution in [0.15, 0.2) is 34.2 Å². The van der Waals surface area contributed by atoms with Crippen molar-refractivity contribution >= 4 is 27.6 Å². The van der Waals surface area contributed by atoms with Crippen LogP contribution in [0.25, 0.3) is 0 Å². The molecule has 0 aromatic heterocycles. The summed E-state index contributed by atoms with van der Waals surface area (Å²) in [6.45, 7) is 3.76. The Kier molecular flexibility index (Phi) is 4.17. The zero-order valence-electron chi connectivity index (χ0n) is 11.7. The molecule has 1 aromatic carbocycles. The third-order valence-electron chi connectivity index (χ3n) is 2.93. The summed E-state index contributed by atoms with van der Waals surface area (Å²) < 4.78 is 26.4. The van der Waals surface area contributed by atoms with Gasteiger partial charge in [0.2, 0.25) is 5.96 Å². The minimum atomic E-state index is -3.73. The molecule has 3 N–H and O–H groups in total. The molecule has 0 bridgehead atoms. The van der Waals surface area contributed by atoms with Gasteiger partial charge < -0.3 is 10.4 Å². The van der Waals surface area contributed by atoms with Gasteiger partial charge in [0.15, 0.2) is 6.04 Å². The molecule has 21 heavy (non-hydrogen) atoms. The third-order valence-corrected chi connectivity index (χ3v) is 4.32. The van der Waals surface area contributed by atoms with Gasteiger partial charge in [0.25, 0.3) is 10.0 Å². The fourth-order valence-electron chi connectivity index (χ4n) is 2.01. The maximum atomic E-state index is 12.1. The maximum absolute atomic E-state index is 12.1. The predicted octanol–water partition coefficient (Wildman–Crippen LogP) is 1.25. The number of aliphatic carboxylic acids is 1. The van der Waals surface area contributed by atoms with E-state index in [2.05, 4.69) is 15.0 Å². The van der Waals surface area contributed by atoms with Crippen LogP contribution >= 0.6 is 0 Å². The van der Waals surface area contributed by atoms with E-state index < -0.39 is 22.0 Å². The average molecular weight is 311 g/mol. The molecule has 7 nitrogen and oxygen atoms in total. The number of carboxylic acids is 1. The molecule has 0 radical (unpaired) electrons. The number of carboxylic acid groups (broad SMARTS) is 1. The van der Waals surface area contributed by atoms with Crippen LogP contribution in [0, 0.1) is 5.92 Å². The summed E-state index contributed by atoms with van der Waals surface area (Å²) in [6, 6.07) is 5.36. The molecule has 1 atom stereocenters. The number of carbonyl (C=O) groups is 1. The number of hydrogen-bond donors (Lipinski definition) is 3. The van der Waals surface area contributed by atoms with Crippen molar-refractivity contribution in [3.05, 3.63) is 24.3 Å². The Morgan fingerprint density at radius 2 is 2.00 bits per heavy atom. The lowest BCUT2D eigenvalue weighted by Gasteiger charge is -2.22. The number of nitrogens with zero attached hydrogens (tertiary/aromatic N) is 1. The van der Waals surface area contributed by atoms with Gasteiger partial charge >= 0.3 is 5.97 Å². The minimum Gasteiger partial charge on any atom is -0.480 e. The van der Waals surface area contributed by atoms with Crippen molar-refractivity contribution in [3.63, 3.8) is 0 Å². The zero-order valence-corrected chi connectivity index (χ0v) is 12.5. The summed E-state index contributed by atoms with van der Waals surface area (Å²) in [5.41, 5.74) is 0.378. The van der Waals surface area contributed by atoms with Gasteiger partial charge in [-0.15, -0.1) is 0 Å². The Morgan fingerprint density at radius 1 is 1.33 bits per heavy atom. The van der Waals surface area contributed by atoms with Crippen LogP contribution in [0.4, 0.5) is 5.69 Å². The monoisotopic (exact) mass is 311 g/mol. The quantitative estimate of drug-likeness (QED) is 0.775. The van der Waals surface area contributed by atoms with Gasteiger partial charge in [0, 0.05) is 0 Å². The van der Waals surface area contributed by atoms with Crippen molar-refractivity contribution < 1.29 is 18.3 Å². The first kappa shape index (κ1) is 15.3. The van der Waals surface area contributed by atoms with Crippen molar-refractivity contribution in [2.45, 2.75) is 31.2 Å². The van der Waals surface area contributed by atoms with Gasteiger partial charge in [-0.05, 0) is 24.5 Å². The van der Waals surface area contributed by atoms with Gasteiger partial charge in [0.1, 0.15) is 4.90 Å². The molecule has 0 fully saturated rings. The number of anilines is 1. The highest BCUT2D eigenvalue weighted by atomic mass is 32.2. The average Bonchev–Trinajstić information content (AvgIpc) is 2.36. The van der Waals surface area contributed by atoms with E-state index in [1.54, 1.807) is 18.2 Å². The fraction of sp³-hybridized carbons (Fsp3) is 0.385. The number of guanidine groups is 1. The molecular formula is C13H17N3O4S. The number of fused-ring (bicyclic) bond motifs is 1. The van der Waals surface area contributed by atoms with Crippen LogP contribution in [0.2, 0.25) is 0 Å². The normalized spacial score (nSPS) is 19.5. The molecule has 114 valence electrons. The Labute approximate surface area is 123 Å². The number of rotatable bonds is 4. The molecule has 0 saturated carbocycles. The lowest BCUT2D eigenvalue weighted by Crippen LogP contribution is -2.42. The van der Waals surface area contributed by atoms with Crippen LogP contribution in [0.3, 0.4) is 0 Å². The molecule has 0 aliphatic carbocycles. The van der Waals surface area contributed by atoms with Crippen molar-refractivity contribution in [1.82, 2.24) is 4.72 Å². The highest BCUT2D eigenvalue weighted by molar-refractivity contribution is 7.90. The zero-order chi connectivity index (χ0) is 15.6. The Bertz CT molecular complexity index is 682. The molecule has 1 unspecified atom stereocenters. The van der Waals surface area contributed by atoms with Crippen molar-refractivity contribution in [2.24, 2.45) is 10.9 Å². The molecular weight excluding hydrogens is 294 g/mol. The minimum absolute atomic E-state index is 0.0678. The second kappa shape index (κ2) is 5.72. The van der Waals surface area contributed by atoms with E-state index in [-0.39, 0.29) is 16.8 Å². The van der Waals surface area contributed by atoms with Gasteiger partial charge in [-0.1, -0.05) is 26.0 Å². The van der Waals surface area contributed by atoms with Gasteiger partial charge in [-0.3, -0.25) is 0 Å². The van der Waals surface area contributed by atoms with Crippen LogP contribution in [-0.2, 0) is 14.8 Å². The Balaban J connectivity index is 2.35. The second-order valence-corrected chi connectivity index (χ2v) is 6.84.